The Hall–Kier alpha value is -3.06. The van der Waals surface area contributed by atoms with Crippen molar-refractivity contribution in [2.45, 2.75) is 6.54 Å². The van der Waals surface area contributed by atoms with Crippen molar-refractivity contribution >= 4 is 22.6 Å². The predicted octanol–water partition coefficient (Wildman–Crippen LogP) is 3.02. The smallest absolute Gasteiger partial charge is 0.264 e. The Balaban J connectivity index is 2.00. The van der Waals surface area contributed by atoms with Crippen LogP contribution in [0.2, 0.25) is 0 Å². The van der Waals surface area contributed by atoms with Gasteiger partial charge < -0.3 is 0 Å². The van der Waals surface area contributed by atoms with Gasteiger partial charge in [0.2, 0.25) is 0 Å². The summed E-state index contributed by atoms with van der Waals surface area (Å²) in [4.78, 5) is 21.6. The Morgan fingerprint density at radius 2 is 1.81 bits per heavy atom. The maximum atomic E-state index is 13.2. The van der Waals surface area contributed by atoms with E-state index in [1.165, 1.54) is 27.6 Å². The van der Waals surface area contributed by atoms with Crippen LogP contribution in [0.4, 0.5) is 4.39 Å². The topological polar surface area (TPSA) is 65.6 Å². The second-order valence-corrected chi connectivity index (χ2v) is 5.97. The minimum Gasteiger partial charge on any atom is -0.291 e. The normalized spacial score (nSPS) is 11.2. The van der Waals surface area contributed by atoms with Crippen LogP contribution in [0.15, 0.2) is 59.8 Å². The van der Waals surface area contributed by atoms with Gasteiger partial charge in [-0.25, -0.2) is 14.1 Å². The largest absolute Gasteiger partial charge is 0.291 e. The molecule has 0 N–H and O–H groups in total. The summed E-state index contributed by atoms with van der Waals surface area (Å²) in [5, 5.41) is 4.64. The van der Waals surface area contributed by atoms with E-state index in [1.54, 1.807) is 36.7 Å². The van der Waals surface area contributed by atoms with Crippen LogP contribution in [0.5, 0.6) is 0 Å². The van der Waals surface area contributed by atoms with Crippen molar-refractivity contribution in [3.05, 3.63) is 71.2 Å². The van der Waals surface area contributed by atoms with Gasteiger partial charge in [-0.2, -0.15) is 5.10 Å². The molecule has 8 heteroatoms. The van der Waals surface area contributed by atoms with Crippen LogP contribution in [0.3, 0.4) is 0 Å². The van der Waals surface area contributed by atoms with Gasteiger partial charge in [-0.3, -0.25) is 14.3 Å². The maximum Gasteiger partial charge on any atom is 0.264 e. The Morgan fingerprint density at radius 3 is 2.50 bits per heavy atom. The Labute approximate surface area is 152 Å². The van der Waals surface area contributed by atoms with Crippen molar-refractivity contribution in [3.8, 4) is 17.1 Å². The number of halogens is 2. The van der Waals surface area contributed by atoms with E-state index < -0.39 is 0 Å². The fourth-order valence-corrected chi connectivity index (χ4v) is 2.96. The molecule has 1 aromatic carbocycles. The molecule has 0 saturated carbocycles. The van der Waals surface area contributed by atoms with Crippen molar-refractivity contribution in [1.82, 2.24) is 24.3 Å². The second-order valence-electron chi connectivity index (χ2n) is 5.59. The minimum atomic E-state index is -0.347. The second kappa shape index (κ2) is 6.68. The lowest BCUT2D eigenvalue weighted by atomic mass is 10.2. The lowest BCUT2D eigenvalue weighted by Crippen LogP contribution is -2.24. The number of benzene rings is 1. The van der Waals surface area contributed by atoms with Gasteiger partial charge in [0.05, 0.1) is 11.9 Å². The highest BCUT2D eigenvalue weighted by Crippen LogP contribution is 2.20. The van der Waals surface area contributed by atoms with Gasteiger partial charge in [-0.05, 0) is 36.4 Å². The van der Waals surface area contributed by atoms with Gasteiger partial charge in [0, 0.05) is 30.4 Å². The number of hydrogen-bond acceptors (Lipinski definition) is 4. The molecule has 0 unspecified atom stereocenters. The number of pyridine rings is 1. The van der Waals surface area contributed by atoms with Crippen molar-refractivity contribution in [1.29, 1.82) is 0 Å². The third-order valence-corrected chi connectivity index (χ3v) is 4.17. The molecule has 0 amide bonds. The van der Waals surface area contributed by atoms with E-state index in [1.807, 2.05) is 0 Å². The van der Waals surface area contributed by atoms with Crippen molar-refractivity contribution < 1.29 is 4.39 Å². The molecule has 0 atom stereocenters. The standard InChI is InChI=1S/C18H13ClFN5O/c19-7-10-24-16(12-5-8-21-9-6-12)23-17-15(18(24)26)11-22-25(17)14-3-1-13(20)2-4-14/h1-6,8-9,11H,7,10H2. The minimum absolute atomic E-state index is 0.226. The van der Waals surface area contributed by atoms with Crippen LogP contribution in [0.1, 0.15) is 0 Å². The third-order valence-electron chi connectivity index (χ3n) is 4.00. The van der Waals surface area contributed by atoms with E-state index in [2.05, 4.69) is 15.1 Å². The van der Waals surface area contributed by atoms with Gasteiger partial charge in [-0.1, -0.05) is 0 Å². The van der Waals surface area contributed by atoms with E-state index in [-0.39, 0.29) is 17.3 Å². The van der Waals surface area contributed by atoms with Crippen molar-refractivity contribution in [3.63, 3.8) is 0 Å². The van der Waals surface area contributed by atoms with Gasteiger partial charge in [0.15, 0.2) is 5.65 Å². The summed E-state index contributed by atoms with van der Waals surface area (Å²) in [5.41, 5.74) is 1.54. The SMILES string of the molecule is O=c1c2cnn(-c3ccc(F)cc3)c2nc(-c2ccncc2)n1CCCl. The zero-order chi connectivity index (χ0) is 18.1. The highest BCUT2D eigenvalue weighted by atomic mass is 35.5. The first kappa shape index (κ1) is 16.4. The number of hydrogen-bond donors (Lipinski definition) is 0. The quantitative estimate of drug-likeness (QED) is 0.519. The van der Waals surface area contributed by atoms with Crippen molar-refractivity contribution in [2.75, 3.05) is 5.88 Å². The highest BCUT2D eigenvalue weighted by molar-refractivity contribution is 6.17. The Morgan fingerprint density at radius 1 is 1.08 bits per heavy atom. The number of aromatic nitrogens is 5. The molecule has 130 valence electrons. The van der Waals surface area contributed by atoms with Crippen LogP contribution < -0.4 is 5.56 Å². The summed E-state index contributed by atoms with van der Waals surface area (Å²) in [6, 6.07) is 9.39. The van der Waals surface area contributed by atoms with Crippen LogP contribution in [-0.4, -0.2) is 30.2 Å². The van der Waals surface area contributed by atoms with E-state index in [9.17, 15) is 9.18 Å². The molecular weight excluding hydrogens is 357 g/mol. The fourth-order valence-electron chi connectivity index (χ4n) is 2.79. The molecule has 4 aromatic rings. The molecule has 0 aliphatic heterocycles. The molecule has 0 aliphatic rings. The molecule has 0 aliphatic carbocycles. The van der Waals surface area contributed by atoms with Crippen LogP contribution >= 0.6 is 11.6 Å². The lowest BCUT2D eigenvalue weighted by molar-refractivity contribution is 0.627. The van der Waals surface area contributed by atoms with Gasteiger partial charge in [0.1, 0.15) is 17.0 Å². The Bertz CT molecular complexity index is 1120. The van der Waals surface area contributed by atoms with E-state index >= 15 is 0 Å². The van der Waals surface area contributed by atoms with E-state index in [0.717, 1.165) is 5.56 Å². The number of alkyl halides is 1. The first-order valence-electron chi connectivity index (χ1n) is 7.90. The zero-order valence-corrected chi connectivity index (χ0v) is 14.3. The summed E-state index contributed by atoms with van der Waals surface area (Å²) in [6.45, 7) is 0.322. The molecule has 0 bridgehead atoms. The first-order chi connectivity index (χ1) is 12.7. The summed E-state index contributed by atoms with van der Waals surface area (Å²) in [7, 11) is 0. The maximum absolute atomic E-state index is 13.2. The number of rotatable bonds is 4. The molecular formula is C18H13ClFN5O. The molecule has 26 heavy (non-hydrogen) atoms. The summed E-state index contributed by atoms with van der Waals surface area (Å²) < 4.78 is 16.3. The molecule has 0 radical (unpaired) electrons. The summed E-state index contributed by atoms with van der Waals surface area (Å²) in [6.07, 6.45) is 4.73. The fraction of sp³-hybridized carbons (Fsp3) is 0.111. The van der Waals surface area contributed by atoms with Crippen molar-refractivity contribution in [2.24, 2.45) is 0 Å². The lowest BCUT2D eigenvalue weighted by Gasteiger charge is -2.12. The van der Waals surface area contributed by atoms with Crippen LogP contribution in [0.25, 0.3) is 28.1 Å². The van der Waals surface area contributed by atoms with Gasteiger partial charge >= 0.3 is 0 Å². The van der Waals surface area contributed by atoms with E-state index in [4.69, 9.17) is 11.6 Å². The van der Waals surface area contributed by atoms with Gasteiger partial charge in [-0.15, -0.1) is 11.6 Å². The third kappa shape index (κ3) is 2.76. The molecule has 3 heterocycles. The number of fused-ring (bicyclic) bond motifs is 1. The van der Waals surface area contributed by atoms with Crippen LogP contribution in [0, 0.1) is 5.82 Å². The summed E-state index contributed by atoms with van der Waals surface area (Å²) >= 11 is 5.88. The molecule has 6 nitrogen and oxygen atoms in total. The van der Waals surface area contributed by atoms with E-state index in [0.29, 0.717) is 29.1 Å². The average Bonchev–Trinajstić information content (AvgIpc) is 3.09. The van der Waals surface area contributed by atoms with Gasteiger partial charge in [0.25, 0.3) is 5.56 Å². The predicted molar refractivity (Wildman–Crippen MR) is 97.0 cm³/mol. The zero-order valence-electron chi connectivity index (χ0n) is 13.5. The summed E-state index contributed by atoms with van der Waals surface area (Å²) in [5.74, 6) is 0.409. The van der Waals surface area contributed by atoms with Crippen LogP contribution in [-0.2, 0) is 6.54 Å². The molecule has 0 fully saturated rings. The average molecular weight is 370 g/mol. The monoisotopic (exact) mass is 369 g/mol. The first-order valence-corrected chi connectivity index (χ1v) is 8.43. The Kier molecular flexibility index (Phi) is 4.22. The molecule has 0 saturated heterocycles. The molecule has 0 spiro atoms. The molecule has 4 rings (SSSR count). The highest BCUT2D eigenvalue weighted by Gasteiger charge is 2.17. The number of nitrogens with zero attached hydrogens (tertiary/aromatic N) is 5. The molecule has 3 aromatic heterocycles.